The molecule has 0 aliphatic carbocycles. The van der Waals surface area contributed by atoms with Crippen LogP contribution in [0.1, 0.15) is 35.2 Å². The summed E-state index contributed by atoms with van der Waals surface area (Å²) in [6.07, 6.45) is 3.96. The Bertz CT molecular complexity index is 589. The third kappa shape index (κ3) is 2.85. The topological polar surface area (TPSA) is 39.1 Å². The molecule has 2 aromatic rings. The lowest BCUT2D eigenvalue weighted by Crippen LogP contribution is -2.23. The molecule has 0 saturated heterocycles. The van der Waals surface area contributed by atoms with Crippen molar-refractivity contribution in [3.05, 3.63) is 46.8 Å². The molecule has 0 radical (unpaired) electrons. The average Bonchev–Trinajstić information content (AvgIpc) is 2.82. The number of aromatic nitrogens is 2. The maximum Gasteiger partial charge on any atom is 0.124 e. The summed E-state index contributed by atoms with van der Waals surface area (Å²) in [5.74, 6) is 0.928. The molecule has 0 amide bonds. The molecule has 20 heavy (non-hydrogen) atoms. The van der Waals surface area contributed by atoms with Crippen LogP contribution in [-0.4, -0.2) is 23.4 Å². The SMILES string of the molecule is CCNC(c1cnn(C)c1)c1c(C)cc(C)cc1OC. The third-order valence-electron chi connectivity index (χ3n) is 3.47. The van der Waals surface area contributed by atoms with Gasteiger partial charge in [0.25, 0.3) is 0 Å². The van der Waals surface area contributed by atoms with Crippen LogP contribution in [0.15, 0.2) is 24.5 Å². The first-order valence-electron chi connectivity index (χ1n) is 6.93. The number of rotatable bonds is 5. The van der Waals surface area contributed by atoms with Crippen molar-refractivity contribution in [1.82, 2.24) is 15.1 Å². The van der Waals surface area contributed by atoms with E-state index in [-0.39, 0.29) is 6.04 Å². The third-order valence-corrected chi connectivity index (χ3v) is 3.47. The van der Waals surface area contributed by atoms with Gasteiger partial charge in [-0.25, -0.2) is 0 Å². The molecule has 1 N–H and O–H groups in total. The second-order valence-corrected chi connectivity index (χ2v) is 5.14. The number of hydrogen-bond donors (Lipinski definition) is 1. The van der Waals surface area contributed by atoms with E-state index in [0.717, 1.165) is 17.9 Å². The Morgan fingerprint density at radius 3 is 2.65 bits per heavy atom. The highest BCUT2D eigenvalue weighted by Gasteiger charge is 2.21. The van der Waals surface area contributed by atoms with Crippen molar-refractivity contribution in [1.29, 1.82) is 0 Å². The Labute approximate surface area is 120 Å². The van der Waals surface area contributed by atoms with E-state index in [2.05, 4.69) is 43.3 Å². The van der Waals surface area contributed by atoms with Gasteiger partial charge in [0.05, 0.1) is 19.3 Å². The van der Waals surface area contributed by atoms with E-state index >= 15 is 0 Å². The van der Waals surface area contributed by atoms with Crippen LogP contribution in [0, 0.1) is 13.8 Å². The van der Waals surface area contributed by atoms with Gasteiger partial charge in [-0.05, 0) is 37.6 Å². The van der Waals surface area contributed by atoms with E-state index in [4.69, 9.17) is 4.74 Å². The number of benzene rings is 1. The van der Waals surface area contributed by atoms with Gasteiger partial charge in [0.2, 0.25) is 0 Å². The maximum atomic E-state index is 5.60. The van der Waals surface area contributed by atoms with Gasteiger partial charge in [-0.2, -0.15) is 5.10 Å². The summed E-state index contributed by atoms with van der Waals surface area (Å²) < 4.78 is 7.42. The van der Waals surface area contributed by atoms with Gasteiger partial charge >= 0.3 is 0 Å². The molecule has 1 aromatic heterocycles. The standard InChI is InChI=1S/C16H23N3O/c1-6-17-16(13-9-18-19(4)10-13)15-12(3)7-11(2)8-14(15)20-5/h7-10,16-17H,6H2,1-5H3. The number of nitrogens with one attached hydrogen (secondary N) is 1. The Morgan fingerprint density at radius 1 is 1.35 bits per heavy atom. The zero-order valence-electron chi connectivity index (χ0n) is 12.9. The highest BCUT2D eigenvalue weighted by atomic mass is 16.5. The molecule has 4 heteroatoms. The van der Waals surface area contributed by atoms with E-state index in [9.17, 15) is 0 Å². The van der Waals surface area contributed by atoms with E-state index in [1.165, 1.54) is 16.7 Å². The lowest BCUT2D eigenvalue weighted by atomic mass is 9.94. The van der Waals surface area contributed by atoms with E-state index in [1.807, 2.05) is 24.1 Å². The number of ether oxygens (including phenoxy) is 1. The van der Waals surface area contributed by atoms with Crippen LogP contribution >= 0.6 is 0 Å². The summed E-state index contributed by atoms with van der Waals surface area (Å²) >= 11 is 0. The fourth-order valence-electron chi connectivity index (χ4n) is 2.66. The van der Waals surface area contributed by atoms with Crippen molar-refractivity contribution < 1.29 is 4.74 Å². The van der Waals surface area contributed by atoms with Crippen LogP contribution in [0.5, 0.6) is 5.75 Å². The van der Waals surface area contributed by atoms with Crippen LogP contribution in [0.4, 0.5) is 0 Å². The predicted molar refractivity (Wildman–Crippen MR) is 81.2 cm³/mol. The smallest absolute Gasteiger partial charge is 0.124 e. The number of aryl methyl sites for hydroxylation is 3. The van der Waals surface area contributed by atoms with Gasteiger partial charge in [0.1, 0.15) is 5.75 Å². The zero-order valence-corrected chi connectivity index (χ0v) is 12.9. The Balaban J connectivity index is 2.54. The second-order valence-electron chi connectivity index (χ2n) is 5.14. The van der Waals surface area contributed by atoms with Crippen molar-refractivity contribution in [2.75, 3.05) is 13.7 Å². The second kappa shape index (κ2) is 6.09. The van der Waals surface area contributed by atoms with Crippen molar-refractivity contribution in [3.63, 3.8) is 0 Å². The largest absolute Gasteiger partial charge is 0.496 e. The fourth-order valence-corrected chi connectivity index (χ4v) is 2.66. The van der Waals surface area contributed by atoms with Gasteiger partial charge in [-0.3, -0.25) is 4.68 Å². The molecule has 1 unspecified atom stereocenters. The summed E-state index contributed by atoms with van der Waals surface area (Å²) in [5, 5.41) is 7.81. The lowest BCUT2D eigenvalue weighted by molar-refractivity contribution is 0.403. The summed E-state index contributed by atoms with van der Waals surface area (Å²) in [6.45, 7) is 7.21. The molecule has 0 spiro atoms. The maximum absolute atomic E-state index is 5.60. The highest BCUT2D eigenvalue weighted by molar-refractivity contribution is 5.48. The van der Waals surface area contributed by atoms with E-state index in [1.54, 1.807) is 7.11 Å². The summed E-state index contributed by atoms with van der Waals surface area (Å²) in [4.78, 5) is 0. The van der Waals surface area contributed by atoms with Gasteiger partial charge in [-0.15, -0.1) is 0 Å². The van der Waals surface area contributed by atoms with Crippen LogP contribution in [0.3, 0.4) is 0 Å². The normalized spacial score (nSPS) is 12.4. The minimum Gasteiger partial charge on any atom is -0.496 e. The molecule has 2 rings (SSSR count). The zero-order chi connectivity index (χ0) is 14.7. The van der Waals surface area contributed by atoms with Crippen molar-refractivity contribution in [2.45, 2.75) is 26.8 Å². The quantitative estimate of drug-likeness (QED) is 0.910. The molecule has 1 aromatic carbocycles. The van der Waals surface area contributed by atoms with Crippen molar-refractivity contribution >= 4 is 0 Å². The van der Waals surface area contributed by atoms with Crippen molar-refractivity contribution in [2.24, 2.45) is 7.05 Å². The number of methoxy groups -OCH3 is 1. The minimum absolute atomic E-state index is 0.101. The molecular weight excluding hydrogens is 250 g/mol. The fraction of sp³-hybridized carbons (Fsp3) is 0.438. The summed E-state index contributed by atoms with van der Waals surface area (Å²) in [6, 6.07) is 4.38. The Kier molecular flexibility index (Phi) is 4.45. The van der Waals surface area contributed by atoms with Gasteiger partial charge in [0, 0.05) is 24.4 Å². The average molecular weight is 273 g/mol. The first-order chi connectivity index (χ1) is 9.56. The summed E-state index contributed by atoms with van der Waals surface area (Å²) in [5.41, 5.74) is 4.79. The number of nitrogens with zero attached hydrogens (tertiary/aromatic N) is 2. The minimum atomic E-state index is 0.101. The van der Waals surface area contributed by atoms with Gasteiger partial charge in [0.15, 0.2) is 0 Å². The molecule has 0 saturated carbocycles. The van der Waals surface area contributed by atoms with Crippen molar-refractivity contribution in [3.8, 4) is 5.75 Å². The lowest BCUT2D eigenvalue weighted by Gasteiger charge is -2.22. The molecule has 0 bridgehead atoms. The molecule has 108 valence electrons. The Morgan fingerprint density at radius 2 is 2.10 bits per heavy atom. The van der Waals surface area contributed by atoms with Gasteiger partial charge in [-0.1, -0.05) is 13.0 Å². The molecule has 1 heterocycles. The summed E-state index contributed by atoms with van der Waals surface area (Å²) in [7, 11) is 3.66. The molecule has 0 aliphatic heterocycles. The van der Waals surface area contributed by atoms with Crippen LogP contribution in [-0.2, 0) is 7.05 Å². The monoisotopic (exact) mass is 273 g/mol. The molecule has 0 aliphatic rings. The Hall–Kier alpha value is -1.81. The van der Waals surface area contributed by atoms with Crippen LogP contribution in [0.25, 0.3) is 0 Å². The molecule has 0 fully saturated rings. The first-order valence-corrected chi connectivity index (χ1v) is 6.93. The predicted octanol–water partition coefficient (Wildman–Crippen LogP) is 2.74. The van der Waals surface area contributed by atoms with E-state index in [0.29, 0.717) is 0 Å². The molecular formula is C16H23N3O. The van der Waals surface area contributed by atoms with Crippen LogP contribution < -0.4 is 10.1 Å². The number of hydrogen-bond acceptors (Lipinski definition) is 3. The molecule has 4 nitrogen and oxygen atoms in total. The highest BCUT2D eigenvalue weighted by Crippen LogP contribution is 2.33. The van der Waals surface area contributed by atoms with Crippen LogP contribution in [0.2, 0.25) is 0 Å². The molecule has 1 atom stereocenters. The van der Waals surface area contributed by atoms with Gasteiger partial charge < -0.3 is 10.1 Å². The first kappa shape index (κ1) is 14.6. The van der Waals surface area contributed by atoms with E-state index < -0.39 is 0 Å².